The van der Waals surface area contributed by atoms with E-state index in [0.717, 1.165) is 11.6 Å². The molecule has 1 heterocycles. The van der Waals surface area contributed by atoms with Gasteiger partial charge in [-0.15, -0.1) is 11.3 Å². The first-order valence-electron chi connectivity index (χ1n) is 5.58. The summed E-state index contributed by atoms with van der Waals surface area (Å²) >= 11 is 1.84. The summed E-state index contributed by atoms with van der Waals surface area (Å²) in [4.78, 5) is 0. The van der Waals surface area contributed by atoms with Crippen LogP contribution >= 0.6 is 11.3 Å². The average molecular weight is 217 g/mol. The monoisotopic (exact) mass is 217 g/mol. The third-order valence-electron chi connectivity index (χ3n) is 3.41. The number of benzene rings is 1. The van der Waals surface area contributed by atoms with Crippen LogP contribution in [0, 0.1) is 5.92 Å². The third kappa shape index (κ3) is 1.63. The summed E-state index contributed by atoms with van der Waals surface area (Å²) in [7, 11) is 0. The second-order valence-corrected chi connectivity index (χ2v) is 5.43. The molecular formula is C13H15NS. The molecule has 0 aliphatic heterocycles. The minimum absolute atomic E-state index is 0.885. The van der Waals surface area contributed by atoms with Gasteiger partial charge in [-0.3, -0.25) is 0 Å². The van der Waals surface area contributed by atoms with Crippen LogP contribution in [-0.4, -0.2) is 0 Å². The minimum atomic E-state index is 0.885. The van der Waals surface area contributed by atoms with Gasteiger partial charge in [-0.25, -0.2) is 0 Å². The van der Waals surface area contributed by atoms with Crippen LogP contribution in [0.2, 0.25) is 0 Å². The number of nitrogens with two attached hydrogens (primary N) is 1. The molecule has 0 atom stereocenters. The molecule has 3 rings (SSSR count). The second kappa shape index (κ2) is 3.53. The smallest absolute Gasteiger partial charge is 0.0347 e. The number of hydrogen-bond donors (Lipinski definition) is 1. The lowest BCUT2D eigenvalue weighted by molar-refractivity contribution is 0.315. The highest BCUT2D eigenvalue weighted by atomic mass is 32.1. The van der Waals surface area contributed by atoms with Crippen LogP contribution in [0.3, 0.4) is 0 Å². The summed E-state index contributed by atoms with van der Waals surface area (Å²) in [6, 6.07) is 6.26. The third-order valence-corrected chi connectivity index (χ3v) is 4.42. The molecule has 1 aromatic heterocycles. The molecule has 0 amide bonds. The Bertz CT molecular complexity index is 482. The highest BCUT2D eigenvalue weighted by molar-refractivity contribution is 7.17. The zero-order valence-corrected chi connectivity index (χ0v) is 9.52. The van der Waals surface area contributed by atoms with E-state index in [0.29, 0.717) is 0 Å². The van der Waals surface area contributed by atoms with Crippen molar-refractivity contribution in [3.63, 3.8) is 0 Å². The van der Waals surface area contributed by atoms with E-state index >= 15 is 0 Å². The van der Waals surface area contributed by atoms with E-state index in [4.69, 9.17) is 5.73 Å². The zero-order chi connectivity index (χ0) is 10.3. The maximum atomic E-state index is 5.83. The van der Waals surface area contributed by atoms with Crippen molar-refractivity contribution in [2.75, 3.05) is 5.73 Å². The summed E-state index contributed by atoms with van der Waals surface area (Å²) in [5, 5.41) is 3.69. The minimum Gasteiger partial charge on any atom is -0.399 e. The maximum absolute atomic E-state index is 5.83. The van der Waals surface area contributed by atoms with Gasteiger partial charge < -0.3 is 5.73 Å². The fourth-order valence-electron chi connectivity index (χ4n) is 2.27. The molecule has 1 aromatic carbocycles. The van der Waals surface area contributed by atoms with Gasteiger partial charge >= 0.3 is 0 Å². The lowest BCUT2D eigenvalue weighted by Gasteiger charge is -2.24. The number of anilines is 1. The Hall–Kier alpha value is -1.02. The van der Waals surface area contributed by atoms with Crippen molar-refractivity contribution in [3.8, 4) is 0 Å². The highest BCUT2D eigenvalue weighted by Gasteiger charge is 2.19. The summed E-state index contributed by atoms with van der Waals surface area (Å²) in [6.45, 7) is 0. The number of nitrogen functional groups attached to an aromatic ring is 1. The first-order valence-corrected chi connectivity index (χ1v) is 6.46. The highest BCUT2D eigenvalue weighted by Crippen LogP contribution is 2.35. The zero-order valence-electron chi connectivity index (χ0n) is 8.70. The molecule has 1 aliphatic carbocycles. The number of hydrogen-bond acceptors (Lipinski definition) is 2. The van der Waals surface area contributed by atoms with Crippen LogP contribution in [0.5, 0.6) is 0 Å². The molecule has 0 bridgehead atoms. The Morgan fingerprint density at radius 2 is 2.20 bits per heavy atom. The van der Waals surface area contributed by atoms with Gasteiger partial charge in [0.2, 0.25) is 0 Å². The molecule has 1 saturated carbocycles. The molecule has 1 fully saturated rings. The molecule has 1 aliphatic rings. The quantitative estimate of drug-likeness (QED) is 0.760. The molecule has 0 radical (unpaired) electrons. The summed E-state index contributed by atoms with van der Waals surface area (Å²) in [5.41, 5.74) is 8.23. The van der Waals surface area contributed by atoms with Gasteiger partial charge in [0.15, 0.2) is 0 Å². The first kappa shape index (κ1) is 9.22. The van der Waals surface area contributed by atoms with E-state index in [9.17, 15) is 0 Å². The fourth-order valence-corrected chi connectivity index (χ4v) is 3.22. The fraction of sp³-hybridized carbons (Fsp3) is 0.385. The van der Waals surface area contributed by atoms with Gasteiger partial charge in [-0.1, -0.05) is 19.3 Å². The molecule has 2 heteroatoms. The Kier molecular flexibility index (Phi) is 2.17. The van der Waals surface area contributed by atoms with Crippen LogP contribution in [0.4, 0.5) is 5.69 Å². The van der Waals surface area contributed by atoms with E-state index < -0.39 is 0 Å². The second-order valence-electron chi connectivity index (χ2n) is 4.52. The molecule has 78 valence electrons. The Labute approximate surface area is 93.9 Å². The average Bonchev–Trinajstić information content (AvgIpc) is 2.54. The van der Waals surface area contributed by atoms with Crippen LogP contribution in [0.15, 0.2) is 23.6 Å². The van der Waals surface area contributed by atoms with Crippen molar-refractivity contribution in [2.24, 2.45) is 5.92 Å². The SMILES string of the molecule is Nc1ccc2scc(CC3CCC3)c2c1. The van der Waals surface area contributed by atoms with Crippen molar-refractivity contribution in [2.45, 2.75) is 25.7 Å². The van der Waals surface area contributed by atoms with Crippen LogP contribution in [-0.2, 0) is 6.42 Å². The standard InChI is InChI=1S/C13H15NS/c14-11-4-5-13-12(7-11)10(8-15-13)6-9-2-1-3-9/h4-5,7-9H,1-3,6,14H2. The van der Waals surface area contributed by atoms with Crippen molar-refractivity contribution in [3.05, 3.63) is 29.1 Å². The lowest BCUT2D eigenvalue weighted by atomic mass is 9.81. The predicted octanol–water partition coefficient (Wildman–Crippen LogP) is 3.83. The molecule has 1 nitrogen and oxygen atoms in total. The normalized spacial score (nSPS) is 16.8. The molecule has 2 aromatic rings. The first-order chi connectivity index (χ1) is 7.33. The molecule has 0 saturated heterocycles. The van der Waals surface area contributed by atoms with E-state index in [-0.39, 0.29) is 0 Å². The van der Waals surface area contributed by atoms with Crippen molar-refractivity contribution < 1.29 is 0 Å². The van der Waals surface area contributed by atoms with Crippen LogP contribution in [0.25, 0.3) is 10.1 Å². The number of thiophene rings is 1. The van der Waals surface area contributed by atoms with Gasteiger partial charge in [-0.05, 0) is 46.9 Å². The molecule has 2 N–H and O–H groups in total. The van der Waals surface area contributed by atoms with Crippen molar-refractivity contribution in [1.82, 2.24) is 0 Å². The van der Waals surface area contributed by atoms with E-state index in [1.54, 1.807) is 0 Å². The predicted molar refractivity (Wildman–Crippen MR) is 67.3 cm³/mol. The summed E-state index contributed by atoms with van der Waals surface area (Å²) in [6.07, 6.45) is 5.51. The van der Waals surface area contributed by atoms with Gasteiger partial charge in [0, 0.05) is 10.4 Å². The van der Waals surface area contributed by atoms with Gasteiger partial charge in [0.1, 0.15) is 0 Å². The van der Waals surface area contributed by atoms with Crippen LogP contribution < -0.4 is 5.73 Å². The van der Waals surface area contributed by atoms with E-state index in [1.165, 1.54) is 41.3 Å². The summed E-state index contributed by atoms with van der Waals surface area (Å²) < 4.78 is 1.37. The lowest BCUT2D eigenvalue weighted by Crippen LogP contribution is -2.13. The molecule has 0 spiro atoms. The molecule has 0 unspecified atom stereocenters. The number of rotatable bonds is 2. The van der Waals surface area contributed by atoms with Gasteiger partial charge in [0.05, 0.1) is 0 Å². The Balaban J connectivity index is 1.98. The Morgan fingerprint density at radius 1 is 1.33 bits per heavy atom. The molecule has 15 heavy (non-hydrogen) atoms. The topological polar surface area (TPSA) is 26.0 Å². The Morgan fingerprint density at radius 3 is 2.93 bits per heavy atom. The van der Waals surface area contributed by atoms with E-state index in [2.05, 4.69) is 17.5 Å². The largest absolute Gasteiger partial charge is 0.399 e. The van der Waals surface area contributed by atoms with Crippen molar-refractivity contribution >= 4 is 27.1 Å². The maximum Gasteiger partial charge on any atom is 0.0347 e. The van der Waals surface area contributed by atoms with E-state index in [1.807, 2.05) is 17.4 Å². The molecular weight excluding hydrogens is 202 g/mol. The van der Waals surface area contributed by atoms with Gasteiger partial charge in [-0.2, -0.15) is 0 Å². The van der Waals surface area contributed by atoms with Crippen LogP contribution in [0.1, 0.15) is 24.8 Å². The van der Waals surface area contributed by atoms with Gasteiger partial charge in [0.25, 0.3) is 0 Å². The van der Waals surface area contributed by atoms with Crippen molar-refractivity contribution in [1.29, 1.82) is 0 Å². The summed E-state index contributed by atoms with van der Waals surface area (Å²) in [5.74, 6) is 0.934. The number of fused-ring (bicyclic) bond motifs is 1.